The molecule has 3 heterocycles. The van der Waals surface area contributed by atoms with Crippen molar-refractivity contribution < 1.29 is 33.3 Å². The number of benzene rings is 1. The third-order valence-electron chi connectivity index (χ3n) is 6.69. The Morgan fingerprint density at radius 3 is 2.06 bits per heavy atom. The molecule has 14 heteroatoms. The van der Waals surface area contributed by atoms with Gasteiger partial charge in [-0.15, -0.1) is 0 Å². The van der Waals surface area contributed by atoms with Crippen molar-refractivity contribution in [3.8, 4) is 28.5 Å². The first-order chi connectivity index (χ1) is 22.6. The van der Waals surface area contributed by atoms with E-state index in [4.69, 9.17) is 29.4 Å². The molecular weight excluding hydrogens is 618 g/mol. The van der Waals surface area contributed by atoms with Gasteiger partial charge in [-0.3, -0.25) is 20.6 Å². The van der Waals surface area contributed by atoms with Crippen molar-refractivity contribution in [3.05, 3.63) is 42.9 Å². The van der Waals surface area contributed by atoms with Crippen molar-refractivity contribution in [1.29, 1.82) is 0 Å². The lowest BCUT2D eigenvalue weighted by Gasteiger charge is -2.23. The van der Waals surface area contributed by atoms with Crippen LogP contribution in [-0.4, -0.2) is 71.2 Å². The van der Waals surface area contributed by atoms with Crippen LogP contribution in [0.2, 0.25) is 0 Å². The molecule has 0 aliphatic heterocycles. The zero-order valence-electron chi connectivity index (χ0n) is 28.8. The van der Waals surface area contributed by atoms with Crippen LogP contribution in [0.3, 0.4) is 0 Å². The maximum Gasteiger partial charge on any atom is 0.414 e. The van der Waals surface area contributed by atoms with E-state index in [0.717, 1.165) is 10.8 Å². The molecule has 1 aromatic carbocycles. The highest BCUT2D eigenvalue weighted by atomic mass is 16.6. The number of ether oxygens (including phenoxy) is 5. The van der Waals surface area contributed by atoms with Gasteiger partial charge in [-0.2, -0.15) is 0 Å². The largest absolute Gasteiger partial charge is 0.493 e. The van der Waals surface area contributed by atoms with Crippen molar-refractivity contribution >= 4 is 45.6 Å². The van der Waals surface area contributed by atoms with Crippen molar-refractivity contribution in [3.63, 3.8) is 0 Å². The molecule has 4 rings (SSSR count). The summed E-state index contributed by atoms with van der Waals surface area (Å²) in [7, 11) is 3.15. The summed E-state index contributed by atoms with van der Waals surface area (Å²) in [6.45, 7) is 12.4. The summed E-state index contributed by atoms with van der Waals surface area (Å²) in [6, 6.07) is 6.90. The molecule has 4 N–H and O–H groups in total. The molecule has 0 saturated heterocycles. The maximum absolute atomic E-state index is 12.5. The Kier molecular flexibility index (Phi) is 10.8. The summed E-state index contributed by atoms with van der Waals surface area (Å²) < 4.78 is 27.7. The number of nitrogens with zero attached hydrogens (tertiary/aromatic N) is 4. The van der Waals surface area contributed by atoms with Crippen molar-refractivity contribution in [2.45, 2.75) is 72.1 Å². The van der Waals surface area contributed by atoms with E-state index in [1.54, 1.807) is 80.4 Å². The Labute approximate surface area is 279 Å². The zero-order valence-corrected chi connectivity index (χ0v) is 28.8. The number of carbonyl (C=O) groups is 2. The van der Waals surface area contributed by atoms with Gasteiger partial charge in [0.25, 0.3) is 0 Å². The summed E-state index contributed by atoms with van der Waals surface area (Å²) >= 11 is 0. The number of carbonyl (C=O) groups excluding carboxylic acids is 2. The number of anilines is 1. The zero-order chi connectivity index (χ0) is 35.2. The molecule has 0 fully saturated rings. The summed E-state index contributed by atoms with van der Waals surface area (Å²) in [5.41, 5.74) is 6.83. The van der Waals surface area contributed by atoms with E-state index in [2.05, 4.69) is 30.6 Å². The molecule has 0 aliphatic rings. The normalized spacial score (nSPS) is 12.2. The maximum atomic E-state index is 12.5. The number of hydrogen-bond acceptors (Lipinski definition) is 12. The molecule has 0 radical (unpaired) electrons. The van der Waals surface area contributed by atoms with Gasteiger partial charge in [-0.25, -0.2) is 19.6 Å². The number of amides is 2. The number of rotatable bonds is 8. The summed E-state index contributed by atoms with van der Waals surface area (Å²) in [6.07, 6.45) is 3.86. The van der Waals surface area contributed by atoms with Gasteiger partial charge in [-0.1, -0.05) is 6.92 Å². The van der Waals surface area contributed by atoms with E-state index in [9.17, 15) is 9.59 Å². The third kappa shape index (κ3) is 9.33. The number of nitrogens with one attached hydrogen (secondary N) is 2. The number of nitrogen functional groups attached to an aromatic ring is 1. The number of nitrogens with two attached hydrogens (primary N) is 1. The molecule has 48 heavy (non-hydrogen) atoms. The van der Waals surface area contributed by atoms with E-state index < -0.39 is 29.4 Å². The van der Waals surface area contributed by atoms with Crippen LogP contribution >= 0.6 is 0 Å². The van der Waals surface area contributed by atoms with Crippen LogP contribution < -0.4 is 30.6 Å². The first-order valence-electron chi connectivity index (χ1n) is 15.4. The molecule has 0 unspecified atom stereocenters. The molecule has 1 atom stereocenters. The van der Waals surface area contributed by atoms with Gasteiger partial charge >= 0.3 is 12.2 Å². The van der Waals surface area contributed by atoms with Gasteiger partial charge in [-0.05, 0) is 71.5 Å². The van der Waals surface area contributed by atoms with Gasteiger partial charge in [0.05, 0.1) is 37.7 Å². The Balaban J connectivity index is 1.59. The second-order valence-corrected chi connectivity index (χ2v) is 12.9. The summed E-state index contributed by atoms with van der Waals surface area (Å²) in [5, 5.41) is 7.34. The van der Waals surface area contributed by atoms with Crippen LogP contribution in [0, 0.1) is 0 Å². The fraction of sp³-hybridized carbons (Fsp3) is 0.412. The second-order valence-electron chi connectivity index (χ2n) is 12.9. The highest BCUT2D eigenvalue weighted by molar-refractivity contribution is 6.10. The lowest BCUT2D eigenvalue weighted by Crippen LogP contribution is -2.48. The van der Waals surface area contributed by atoms with Crippen molar-refractivity contribution in [2.75, 3.05) is 26.6 Å². The highest BCUT2D eigenvalue weighted by Crippen LogP contribution is 2.37. The monoisotopic (exact) mass is 661 g/mol. The molecule has 0 saturated carbocycles. The minimum Gasteiger partial charge on any atom is -0.493 e. The number of alkyl carbamates (subject to hydrolysis) is 2. The van der Waals surface area contributed by atoms with Crippen molar-refractivity contribution in [2.24, 2.45) is 4.99 Å². The SMILES string of the molecule is CC[C@@H](COc1cncc(-c2cc3c(cnc4cc(OC)c(OC)cc43)c(N)n2)c1)N=C(NC(=O)OC(C)(C)C)NC(=O)OC(C)(C)C. The van der Waals surface area contributed by atoms with Gasteiger partial charge in [0, 0.05) is 34.8 Å². The fourth-order valence-corrected chi connectivity index (χ4v) is 4.56. The number of hydrogen-bond donors (Lipinski definition) is 3. The Morgan fingerprint density at radius 1 is 0.854 bits per heavy atom. The molecule has 256 valence electrons. The van der Waals surface area contributed by atoms with Gasteiger partial charge in [0.15, 0.2) is 11.5 Å². The topological polar surface area (TPSA) is 181 Å². The Bertz CT molecular complexity index is 1800. The van der Waals surface area contributed by atoms with Crippen LogP contribution in [0.25, 0.3) is 32.9 Å². The molecule has 3 aromatic heterocycles. The summed E-state index contributed by atoms with van der Waals surface area (Å²) in [5.74, 6) is 1.76. The van der Waals surface area contributed by atoms with E-state index in [0.29, 0.717) is 51.6 Å². The quantitative estimate of drug-likeness (QED) is 0.114. The smallest absolute Gasteiger partial charge is 0.414 e. The molecular formula is C34H43N7O7. The van der Waals surface area contributed by atoms with Gasteiger partial charge in [0.1, 0.15) is 29.4 Å². The number of methoxy groups -OCH3 is 2. The van der Waals surface area contributed by atoms with Crippen LogP contribution in [0.15, 0.2) is 47.8 Å². The average molecular weight is 662 g/mol. The predicted molar refractivity (Wildman–Crippen MR) is 184 cm³/mol. The van der Waals surface area contributed by atoms with Crippen molar-refractivity contribution in [1.82, 2.24) is 25.6 Å². The van der Waals surface area contributed by atoms with E-state index >= 15 is 0 Å². The second kappa shape index (κ2) is 14.6. The first-order valence-corrected chi connectivity index (χ1v) is 15.4. The minimum atomic E-state index is -0.784. The first kappa shape index (κ1) is 35.5. The standard InChI is InChI=1S/C34H43N7O7/c1-10-20(38-30(40-31(42)47-33(2,3)4)41-32(43)48-34(5,6)7)18-46-21-11-19(15-36-16-21)25-12-22-23-13-27(44-8)28(45-9)14-26(23)37-17-24(22)29(35)39-25/h11-17,20H,10,18H2,1-9H3,(H2,35,39)(H2,38,40,41,42,43)/t20-/m0/s1. The number of aliphatic imine (C=N–C) groups is 1. The third-order valence-corrected chi connectivity index (χ3v) is 6.69. The number of pyridine rings is 3. The number of aromatic nitrogens is 3. The predicted octanol–water partition coefficient (Wildman–Crippen LogP) is 6.01. The van der Waals surface area contributed by atoms with Crippen LogP contribution in [0.4, 0.5) is 15.4 Å². The van der Waals surface area contributed by atoms with E-state index in [-0.39, 0.29) is 12.6 Å². The van der Waals surface area contributed by atoms with E-state index in [1.165, 1.54) is 0 Å². The fourth-order valence-electron chi connectivity index (χ4n) is 4.56. The average Bonchev–Trinajstić information content (AvgIpc) is 3.00. The Morgan fingerprint density at radius 2 is 1.48 bits per heavy atom. The van der Waals surface area contributed by atoms with Crippen LogP contribution in [0.5, 0.6) is 17.2 Å². The molecule has 2 amide bonds. The van der Waals surface area contributed by atoms with Gasteiger partial charge in [0.2, 0.25) is 5.96 Å². The van der Waals surface area contributed by atoms with Crippen LogP contribution in [0.1, 0.15) is 54.9 Å². The molecule has 0 aliphatic carbocycles. The minimum absolute atomic E-state index is 0.0996. The van der Waals surface area contributed by atoms with E-state index in [1.807, 2.05) is 25.1 Å². The molecule has 14 nitrogen and oxygen atoms in total. The highest BCUT2D eigenvalue weighted by Gasteiger charge is 2.22. The lowest BCUT2D eigenvalue weighted by atomic mass is 10.0. The molecule has 0 spiro atoms. The number of guanidine groups is 1. The van der Waals surface area contributed by atoms with Crippen LogP contribution in [-0.2, 0) is 9.47 Å². The summed E-state index contributed by atoms with van der Waals surface area (Å²) in [4.78, 5) is 43.1. The molecule has 0 bridgehead atoms. The van der Waals surface area contributed by atoms with Gasteiger partial charge < -0.3 is 29.4 Å². The number of fused-ring (bicyclic) bond motifs is 3. The molecule has 4 aromatic rings. The lowest BCUT2D eigenvalue weighted by molar-refractivity contribution is 0.0544. The Hall–Kier alpha value is -5.40.